The van der Waals surface area contributed by atoms with E-state index in [-0.39, 0.29) is 18.2 Å². The number of amides is 3. The second-order valence-corrected chi connectivity index (χ2v) is 5.41. The van der Waals surface area contributed by atoms with E-state index in [2.05, 4.69) is 34.9 Å². The Labute approximate surface area is 124 Å². The van der Waals surface area contributed by atoms with Crippen LogP contribution in [0, 0.1) is 6.92 Å². The minimum Gasteiger partial charge on any atom is -0.344 e. The van der Waals surface area contributed by atoms with Gasteiger partial charge in [-0.15, -0.1) is 0 Å². The lowest BCUT2D eigenvalue weighted by atomic mass is 10.0. The third kappa shape index (κ3) is 4.70. The van der Waals surface area contributed by atoms with E-state index in [1.54, 1.807) is 0 Å². The Morgan fingerprint density at radius 3 is 2.67 bits per heavy atom. The predicted molar refractivity (Wildman–Crippen MR) is 78.4 cm³/mol. The first-order valence-corrected chi connectivity index (χ1v) is 7.23. The van der Waals surface area contributed by atoms with Gasteiger partial charge in [0.1, 0.15) is 6.04 Å². The Hall–Kier alpha value is -2.17. The fraction of sp³-hybridized carbons (Fsp3) is 0.438. The van der Waals surface area contributed by atoms with Gasteiger partial charge < -0.3 is 5.32 Å². The molecule has 112 valence electrons. The van der Waals surface area contributed by atoms with Crippen LogP contribution in [0.2, 0.25) is 0 Å². The molecule has 1 aromatic rings. The van der Waals surface area contributed by atoms with Gasteiger partial charge in [-0.1, -0.05) is 29.8 Å². The maximum absolute atomic E-state index is 11.8. The number of nitrogens with one attached hydrogen (secondary N) is 2. The molecule has 1 aliphatic heterocycles. The topological polar surface area (TPSA) is 75.3 Å². The zero-order chi connectivity index (χ0) is 15.2. The largest absolute Gasteiger partial charge is 0.344 e. The first-order chi connectivity index (χ1) is 10.0. The van der Waals surface area contributed by atoms with Crippen molar-refractivity contribution in [2.45, 2.75) is 45.1 Å². The molecule has 2 N–H and O–H groups in total. The molecular formula is C16H20N2O3. The standard InChI is InChI=1S/C16H20N2O3/c1-11-5-7-12(8-6-11)3-2-4-14(19)17-13-9-10-15(20)18-16(13)21/h5-8,13H,2-4,9-10H2,1H3,(H,17,19)(H,18,20,21). The molecule has 3 amide bonds. The third-order valence-electron chi connectivity index (χ3n) is 3.56. The molecule has 5 nitrogen and oxygen atoms in total. The van der Waals surface area contributed by atoms with Crippen LogP contribution in [0.15, 0.2) is 24.3 Å². The summed E-state index contributed by atoms with van der Waals surface area (Å²) in [6.45, 7) is 2.04. The van der Waals surface area contributed by atoms with Gasteiger partial charge in [0.2, 0.25) is 17.7 Å². The van der Waals surface area contributed by atoms with Gasteiger partial charge in [-0.25, -0.2) is 0 Å². The van der Waals surface area contributed by atoms with Crippen LogP contribution in [0.3, 0.4) is 0 Å². The van der Waals surface area contributed by atoms with Crippen LogP contribution in [0.5, 0.6) is 0 Å². The summed E-state index contributed by atoms with van der Waals surface area (Å²) >= 11 is 0. The normalized spacial score (nSPS) is 18.2. The lowest BCUT2D eigenvalue weighted by molar-refractivity contribution is -0.137. The first kappa shape index (κ1) is 15.2. The van der Waals surface area contributed by atoms with E-state index in [1.165, 1.54) is 11.1 Å². The molecule has 0 spiro atoms. The summed E-state index contributed by atoms with van der Waals surface area (Å²) in [7, 11) is 0. The molecule has 0 bridgehead atoms. The average Bonchev–Trinajstić information content (AvgIpc) is 2.44. The Bertz CT molecular complexity index is 537. The van der Waals surface area contributed by atoms with Crippen LogP contribution in [-0.4, -0.2) is 23.8 Å². The van der Waals surface area contributed by atoms with Crippen molar-refractivity contribution in [1.82, 2.24) is 10.6 Å². The number of aryl methyl sites for hydroxylation is 2. The monoisotopic (exact) mass is 288 g/mol. The van der Waals surface area contributed by atoms with Gasteiger partial charge >= 0.3 is 0 Å². The Morgan fingerprint density at radius 1 is 1.29 bits per heavy atom. The van der Waals surface area contributed by atoms with E-state index >= 15 is 0 Å². The fourth-order valence-corrected chi connectivity index (χ4v) is 2.31. The molecule has 2 rings (SSSR count). The van der Waals surface area contributed by atoms with E-state index < -0.39 is 11.9 Å². The van der Waals surface area contributed by atoms with Crippen molar-refractivity contribution >= 4 is 17.7 Å². The molecule has 1 saturated heterocycles. The molecule has 0 saturated carbocycles. The van der Waals surface area contributed by atoms with E-state index in [4.69, 9.17) is 0 Å². The highest BCUT2D eigenvalue weighted by molar-refractivity contribution is 6.01. The highest BCUT2D eigenvalue weighted by Crippen LogP contribution is 2.08. The molecular weight excluding hydrogens is 268 g/mol. The lowest BCUT2D eigenvalue weighted by Gasteiger charge is -2.21. The number of carbonyl (C=O) groups is 3. The van der Waals surface area contributed by atoms with Gasteiger partial charge in [0, 0.05) is 12.8 Å². The van der Waals surface area contributed by atoms with Crippen molar-refractivity contribution in [2.24, 2.45) is 0 Å². The Balaban J connectivity index is 1.71. The first-order valence-electron chi connectivity index (χ1n) is 7.23. The van der Waals surface area contributed by atoms with Crippen LogP contribution in [-0.2, 0) is 20.8 Å². The van der Waals surface area contributed by atoms with Gasteiger partial charge in [0.05, 0.1) is 0 Å². The number of carbonyl (C=O) groups excluding carboxylic acids is 3. The Morgan fingerprint density at radius 2 is 2.00 bits per heavy atom. The minimum atomic E-state index is -0.574. The van der Waals surface area contributed by atoms with Crippen LogP contribution in [0.25, 0.3) is 0 Å². The van der Waals surface area contributed by atoms with Gasteiger partial charge in [-0.3, -0.25) is 19.7 Å². The van der Waals surface area contributed by atoms with Crippen LogP contribution < -0.4 is 10.6 Å². The molecule has 1 fully saturated rings. The van der Waals surface area contributed by atoms with Crippen molar-refractivity contribution in [2.75, 3.05) is 0 Å². The van der Waals surface area contributed by atoms with Crippen LogP contribution in [0.1, 0.15) is 36.8 Å². The minimum absolute atomic E-state index is 0.142. The second-order valence-electron chi connectivity index (χ2n) is 5.41. The van der Waals surface area contributed by atoms with Crippen molar-refractivity contribution in [1.29, 1.82) is 0 Å². The zero-order valence-corrected chi connectivity index (χ0v) is 12.1. The van der Waals surface area contributed by atoms with E-state index in [0.29, 0.717) is 12.8 Å². The second kappa shape index (κ2) is 7.02. The summed E-state index contributed by atoms with van der Waals surface area (Å²) in [6.07, 6.45) is 2.62. The summed E-state index contributed by atoms with van der Waals surface area (Å²) in [5, 5.41) is 4.91. The number of hydrogen-bond acceptors (Lipinski definition) is 3. The van der Waals surface area contributed by atoms with Gasteiger partial charge in [0.25, 0.3) is 0 Å². The molecule has 0 aliphatic carbocycles. The van der Waals surface area contributed by atoms with Crippen molar-refractivity contribution in [3.05, 3.63) is 35.4 Å². The lowest BCUT2D eigenvalue weighted by Crippen LogP contribution is -2.52. The third-order valence-corrected chi connectivity index (χ3v) is 3.56. The molecule has 0 radical (unpaired) electrons. The van der Waals surface area contributed by atoms with Crippen molar-refractivity contribution < 1.29 is 14.4 Å². The highest BCUT2D eigenvalue weighted by Gasteiger charge is 2.27. The summed E-state index contributed by atoms with van der Waals surface area (Å²) in [4.78, 5) is 34.3. The summed E-state index contributed by atoms with van der Waals surface area (Å²) in [5.74, 6) is -0.820. The van der Waals surface area contributed by atoms with Gasteiger partial charge in [-0.05, 0) is 31.7 Å². The Kier molecular flexibility index (Phi) is 5.09. The zero-order valence-electron chi connectivity index (χ0n) is 12.1. The predicted octanol–water partition coefficient (Wildman–Crippen LogP) is 1.24. The number of rotatable bonds is 5. The van der Waals surface area contributed by atoms with Crippen LogP contribution in [0.4, 0.5) is 0 Å². The van der Waals surface area contributed by atoms with Crippen LogP contribution >= 0.6 is 0 Å². The number of piperidine rings is 1. The molecule has 1 aliphatic rings. The van der Waals surface area contributed by atoms with Gasteiger partial charge in [-0.2, -0.15) is 0 Å². The molecule has 21 heavy (non-hydrogen) atoms. The number of imide groups is 1. The van der Waals surface area contributed by atoms with E-state index in [1.807, 2.05) is 6.92 Å². The summed E-state index contributed by atoms with van der Waals surface area (Å²) in [5.41, 5.74) is 2.42. The summed E-state index contributed by atoms with van der Waals surface area (Å²) in [6, 6.07) is 7.66. The molecule has 1 aromatic carbocycles. The maximum Gasteiger partial charge on any atom is 0.249 e. The molecule has 1 unspecified atom stereocenters. The van der Waals surface area contributed by atoms with Crippen molar-refractivity contribution in [3.63, 3.8) is 0 Å². The smallest absolute Gasteiger partial charge is 0.249 e. The quantitative estimate of drug-likeness (QED) is 0.800. The SMILES string of the molecule is Cc1ccc(CCCC(=O)NC2CCC(=O)NC2=O)cc1. The van der Waals surface area contributed by atoms with Crippen molar-refractivity contribution in [3.8, 4) is 0 Å². The summed E-state index contributed by atoms with van der Waals surface area (Å²) < 4.78 is 0. The molecule has 5 heteroatoms. The number of hydrogen-bond donors (Lipinski definition) is 2. The number of benzene rings is 1. The molecule has 1 atom stereocenters. The maximum atomic E-state index is 11.8. The van der Waals surface area contributed by atoms with Gasteiger partial charge in [0.15, 0.2) is 0 Å². The fourth-order valence-electron chi connectivity index (χ4n) is 2.31. The van der Waals surface area contributed by atoms with E-state index in [9.17, 15) is 14.4 Å². The van der Waals surface area contributed by atoms with E-state index in [0.717, 1.165) is 12.8 Å². The molecule has 1 heterocycles. The molecule has 0 aromatic heterocycles. The average molecular weight is 288 g/mol. The highest BCUT2D eigenvalue weighted by atomic mass is 16.2.